The minimum Gasteiger partial charge on any atom is -0.207 e. The third kappa shape index (κ3) is 3.02. The van der Waals surface area contributed by atoms with E-state index in [1.54, 1.807) is 22.5 Å². The average Bonchev–Trinajstić information content (AvgIpc) is 2.86. The molecule has 1 fully saturated rings. The molecule has 0 unspecified atom stereocenters. The van der Waals surface area contributed by atoms with E-state index >= 15 is 0 Å². The Morgan fingerprint density at radius 3 is 2.95 bits per heavy atom. The van der Waals surface area contributed by atoms with Gasteiger partial charge in [-0.25, -0.2) is 8.42 Å². The first-order valence-electron chi connectivity index (χ1n) is 7.84. The highest BCUT2D eigenvalue weighted by atomic mass is 32.2. The lowest BCUT2D eigenvalue weighted by Crippen LogP contribution is -2.32. The molecular weight excluding hydrogens is 318 g/mol. The molecule has 0 spiro atoms. The predicted molar refractivity (Wildman–Crippen MR) is 88.4 cm³/mol. The van der Waals surface area contributed by atoms with Crippen LogP contribution in [0.2, 0.25) is 0 Å². The molecule has 0 amide bonds. The Morgan fingerprint density at radius 2 is 2.14 bits per heavy atom. The maximum Gasteiger partial charge on any atom is 0.245 e. The molecule has 1 atom stereocenters. The zero-order valence-corrected chi connectivity index (χ0v) is 14.4. The van der Waals surface area contributed by atoms with E-state index in [4.69, 9.17) is 0 Å². The van der Waals surface area contributed by atoms with Gasteiger partial charge in [-0.05, 0) is 37.3 Å². The van der Waals surface area contributed by atoms with Gasteiger partial charge in [-0.2, -0.15) is 13.1 Å². The van der Waals surface area contributed by atoms with Crippen molar-refractivity contribution in [1.29, 1.82) is 0 Å². The van der Waals surface area contributed by atoms with Crippen LogP contribution in [0.25, 0.3) is 11.0 Å². The molecule has 0 N–H and O–H groups in total. The van der Waals surface area contributed by atoms with Gasteiger partial charge < -0.3 is 0 Å². The highest BCUT2D eigenvalue weighted by molar-refractivity contribution is 7.89. The Labute approximate surface area is 135 Å². The zero-order chi connectivity index (χ0) is 15.6. The number of benzene rings is 1. The summed E-state index contributed by atoms with van der Waals surface area (Å²) in [5.41, 5.74) is 1.16. The molecule has 2 heterocycles. The largest absolute Gasteiger partial charge is 0.245 e. The van der Waals surface area contributed by atoms with Crippen LogP contribution in [0.3, 0.4) is 0 Å². The monoisotopic (exact) mass is 339 g/mol. The summed E-state index contributed by atoms with van der Waals surface area (Å²) in [7, 11) is -3.48. The van der Waals surface area contributed by atoms with Crippen LogP contribution in [0.1, 0.15) is 39.0 Å². The summed E-state index contributed by atoms with van der Waals surface area (Å²) in [6, 6.07) is 5.19. The van der Waals surface area contributed by atoms with E-state index in [0.717, 1.165) is 31.0 Å². The molecule has 0 saturated carbocycles. The molecule has 1 aliphatic rings. The fourth-order valence-electron chi connectivity index (χ4n) is 3.20. The van der Waals surface area contributed by atoms with Crippen molar-refractivity contribution in [2.75, 3.05) is 13.1 Å². The van der Waals surface area contributed by atoms with Crippen LogP contribution in [0, 0.1) is 5.92 Å². The van der Waals surface area contributed by atoms with Gasteiger partial charge in [0, 0.05) is 13.1 Å². The van der Waals surface area contributed by atoms with Gasteiger partial charge in [0.05, 0.1) is 11.7 Å². The van der Waals surface area contributed by atoms with Gasteiger partial charge in [0.15, 0.2) is 0 Å². The molecule has 1 aliphatic heterocycles. The van der Waals surface area contributed by atoms with Crippen LogP contribution in [-0.2, 0) is 10.0 Å². The fourth-order valence-corrected chi connectivity index (χ4v) is 5.45. The van der Waals surface area contributed by atoms with Gasteiger partial charge >= 0.3 is 0 Å². The highest BCUT2D eigenvalue weighted by Crippen LogP contribution is 2.28. The molecule has 2 aromatic rings. The molecule has 3 rings (SSSR count). The summed E-state index contributed by atoms with van der Waals surface area (Å²) >= 11 is 1.06. The van der Waals surface area contributed by atoms with Crippen LogP contribution < -0.4 is 0 Å². The Bertz CT molecular complexity index is 742. The number of hydrogen-bond donors (Lipinski definition) is 0. The molecule has 1 aromatic heterocycles. The molecule has 22 heavy (non-hydrogen) atoms. The first-order valence-corrected chi connectivity index (χ1v) is 10.0. The lowest BCUT2D eigenvalue weighted by molar-refractivity contribution is 0.400. The summed E-state index contributed by atoms with van der Waals surface area (Å²) in [5.74, 6) is 0.655. The Morgan fingerprint density at radius 1 is 1.27 bits per heavy atom. The number of rotatable bonds is 4. The standard InChI is InChI=1S/C15H21N3O2S2/c1-2-5-12-6-4-10-18(11-9-12)22(19,20)14-8-3-7-13-15(14)17-21-16-13/h3,7-8,12H,2,4-6,9-11H2,1H3/t12-/m0/s1. The maximum absolute atomic E-state index is 13.0. The molecule has 5 nitrogen and oxygen atoms in total. The summed E-state index contributed by atoms with van der Waals surface area (Å²) in [4.78, 5) is 0.299. The van der Waals surface area contributed by atoms with Crippen molar-refractivity contribution < 1.29 is 8.42 Å². The van der Waals surface area contributed by atoms with E-state index in [0.29, 0.717) is 34.9 Å². The Balaban J connectivity index is 1.88. The predicted octanol–water partition coefficient (Wildman–Crippen LogP) is 3.28. The van der Waals surface area contributed by atoms with Crippen molar-refractivity contribution in [1.82, 2.24) is 13.1 Å². The van der Waals surface area contributed by atoms with Gasteiger partial charge in [-0.15, -0.1) is 0 Å². The molecule has 1 aromatic carbocycles. The SMILES string of the molecule is CCC[C@H]1CCCN(S(=O)(=O)c2cccc3nsnc23)CC1. The molecule has 120 valence electrons. The molecule has 7 heteroatoms. The quantitative estimate of drug-likeness (QED) is 0.857. The molecule has 0 radical (unpaired) electrons. The smallest absolute Gasteiger partial charge is 0.207 e. The summed E-state index contributed by atoms with van der Waals surface area (Å²) in [6.07, 6.45) is 5.39. The number of nitrogens with zero attached hydrogens (tertiary/aromatic N) is 3. The number of sulfonamides is 1. The topological polar surface area (TPSA) is 63.2 Å². The van der Waals surface area contributed by atoms with Crippen molar-refractivity contribution in [3.63, 3.8) is 0 Å². The van der Waals surface area contributed by atoms with Crippen LogP contribution in [0.4, 0.5) is 0 Å². The molecule has 0 bridgehead atoms. The van der Waals surface area contributed by atoms with E-state index in [-0.39, 0.29) is 0 Å². The number of aromatic nitrogens is 2. The van der Waals surface area contributed by atoms with Crippen molar-refractivity contribution in [2.24, 2.45) is 5.92 Å². The molecular formula is C15H21N3O2S2. The normalized spacial score (nSPS) is 21.0. The van der Waals surface area contributed by atoms with Gasteiger partial charge in [0.1, 0.15) is 15.9 Å². The number of fused-ring (bicyclic) bond motifs is 1. The third-order valence-electron chi connectivity index (χ3n) is 4.37. The lowest BCUT2D eigenvalue weighted by atomic mass is 9.96. The second-order valence-corrected chi connectivity index (χ2v) is 8.31. The van der Waals surface area contributed by atoms with Gasteiger partial charge in [0.2, 0.25) is 10.0 Å². The van der Waals surface area contributed by atoms with Crippen molar-refractivity contribution >= 4 is 32.8 Å². The summed E-state index contributed by atoms with van der Waals surface area (Å²) < 4.78 is 35.9. The van der Waals surface area contributed by atoms with Gasteiger partial charge in [-0.1, -0.05) is 25.8 Å². The van der Waals surface area contributed by atoms with E-state index in [1.807, 2.05) is 0 Å². The molecule has 0 aliphatic carbocycles. The third-order valence-corrected chi connectivity index (χ3v) is 6.84. The van der Waals surface area contributed by atoms with Crippen LogP contribution >= 0.6 is 11.7 Å². The number of hydrogen-bond acceptors (Lipinski definition) is 5. The first kappa shape index (κ1) is 15.8. The zero-order valence-electron chi connectivity index (χ0n) is 12.7. The lowest BCUT2D eigenvalue weighted by Gasteiger charge is -2.20. The second kappa shape index (κ2) is 6.60. The highest BCUT2D eigenvalue weighted by Gasteiger charge is 2.29. The average molecular weight is 339 g/mol. The van der Waals surface area contributed by atoms with Crippen LogP contribution in [-0.4, -0.2) is 34.6 Å². The second-order valence-electron chi connectivity index (χ2n) is 5.88. The van der Waals surface area contributed by atoms with E-state index in [1.165, 1.54) is 12.8 Å². The van der Waals surface area contributed by atoms with E-state index in [9.17, 15) is 8.42 Å². The van der Waals surface area contributed by atoms with Crippen molar-refractivity contribution in [3.8, 4) is 0 Å². The van der Waals surface area contributed by atoms with Gasteiger partial charge in [-0.3, -0.25) is 0 Å². The Hall–Kier alpha value is -1.05. The van der Waals surface area contributed by atoms with Crippen molar-refractivity contribution in [2.45, 2.75) is 43.9 Å². The first-order chi connectivity index (χ1) is 10.6. The molecule has 1 saturated heterocycles. The minimum atomic E-state index is -3.48. The van der Waals surface area contributed by atoms with Gasteiger partial charge in [0.25, 0.3) is 0 Å². The van der Waals surface area contributed by atoms with Crippen LogP contribution in [0.5, 0.6) is 0 Å². The summed E-state index contributed by atoms with van der Waals surface area (Å²) in [5, 5.41) is 0. The minimum absolute atomic E-state index is 0.299. The van der Waals surface area contributed by atoms with E-state index in [2.05, 4.69) is 15.7 Å². The Kier molecular flexibility index (Phi) is 4.75. The van der Waals surface area contributed by atoms with E-state index < -0.39 is 10.0 Å². The van der Waals surface area contributed by atoms with Crippen LogP contribution in [0.15, 0.2) is 23.1 Å². The maximum atomic E-state index is 13.0. The fraction of sp³-hybridized carbons (Fsp3) is 0.600. The van der Waals surface area contributed by atoms with Crippen molar-refractivity contribution in [3.05, 3.63) is 18.2 Å². The summed E-state index contributed by atoms with van der Waals surface area (Å²) in [6.45, 7) is 3.41.